The van der Waals surface area contributed by atoms with E-state index in [4.69, 9.17) is 0 Å². The predicted octanol–water partition coefficient (Wildman–Crippen LogP) is 3.54. The van der Waals surface area contributed by atoms with Gasteiger partial charge in [0.25, 0.3) is 0 Å². The van der Waals surface area contributed by atoms with E-state index in [0.29, 0.717) is 16.5 Å². The second-order valence-corrected chi connectivity index (χ2v) is 5.06. The molecule has 1 aliphatic carbocycles. The molecule has 0 aliphatic heterocycles. The van der Waals surface area contributed by atoms with Crippen molar-refractivity contribution < 1.29 is 18.3 Å². The topological polar surface area (TPSA) is 20.2 Å². The molecule has 1 nitrogen and oxygen atoms in total. The highest BCUT2D eigenvalue weighted by molar-refractivity contribution is 9.10. The van der Waals surface area contributed by atoms with Crippen LogP contribution in [0.5, 0.6) is 0 Å². The van der Waals surface area contributed by atoms with Crippen molar-refractivity contribution in [3.05, 3.63) is 33.8 Å². The minimum atomic E-state index is -4.32. The molecular formula is C11H10BrF3O. The van der Waals surface area contributed by atoms with Crippen LogP contribution < -0.4 is 0 Å². The second-order valence-electron chi connectivity index (χ2n) is 4.21. The molecule has 1 aliphatic rings. The zero-order chi connectivity index (χ0) is 12.0. The molecule has 1 aromatic carbocycles. The summed E-state index contributed by atoms with van der Waals surface area (Å²) < 4.78 is 37.5. The second kappa shape index (κ2) is 3.74. The Kier molecular flexibility index (Phi) is 2.78. The van der Waals surface area contributed by atoms with Crippen LogP contribution in [0.25, 0.3) is 0 Å². The molecular weight excluding hydrogens is 285 g/mol. The van der Waals surface area contributed by atoms with Crippen molar-refractivity contribution >= 4 is 15.9 Å². The average molecular weight is 295 g/mol. The van der Waals surface area contributed by atoms with Crippen LogP contribution in [0.2, 0.25) is 0 Å². The van der Waals surface area contributed by atoms with Crippen LogP contribution in [0.4, 0.5) is 13.2 Å². The number of aliphatic hydroxyl groups is 1. The van der Waals surface area contributed by atoms with E-state index in [9.17, 15) is 18.3 Å². The minimum Gasteiger partial charge on any atom is -0.390 e. The first-order valence-corrected chi connectivity index (χ1v) is 5.67. The van der Waals surface area contributed by atoms with E-state index in [2.05, 4.69) is 15.9 Å². The highest BCUT2D eigenvalue weighted by Gasteiger charge is 2.40. The summed E-state index contributed by atoms with van der Waals surface area (Å²) in [5, 5.41) is 9.69. The molecule has 0 atom stereocenters. The molecule has 1 saturated carbocycles. The first kappa shape index (κ1) is 11.9. The Morgan fingerprint density at radius 2 is 1.94 bits per heavy atom. The summed E-state index contributed by atoms with van der Waals surface area (Å²) in [4.78, 5) is 0. The van der Waals surface area contributed by atoms with Crippen LogP contribution >= 0.6 is 15.9 Å². The van der Waals surface area contributed by atoms with Crippen LogP contribution in [0.15, 0.2) is 22.7 Å². The normalized spacial score (nSPS) is 18.6. The quantitative estimate of drug-likeness (QED) is 0.885. The van der Waals surface area contributed by atoms with Crippen LogP contribution in [-0.4, -0.2) is 10.7 Å². The zero-order valence-corrected chi connectivity index (χ0v) is 9.90. The van der Waals surface area contributed by atoms with Crippen LogP contribution in [0, 0.1) is 0 Å². The Hall–Kier alpha value is -0.550. The van der Waals surface area contributed by atoms with Crippen molar-refractivity contribution in [2.45, 2.75) is 31.0 Å². The molecule has 0 heterocycles. The third-order valence-electron chi connectivity index (χ3n) is 2.73. The number of hydrogen-bond donors (Lipinski definition) is 1. The van der Waals surface area contributed by atoms with Gasteiger partial charge < -0.3 is 5.11 Å². The fourth-order valence-electron chi connectivity index (χ4n) is 1.54. The summed E-state index contributed by atoms with van der Waals surface area (Å²) >= 11 is 3.11. The molecule has 0 saturated heterocycles. The number of benzene rings is 1. The SMILES string of the molecule is OC1(Cc2ccc(C(F)(F)F)cc2Br)CC1. The van der Waals surface area contributed by atoms with E-state index >= 15 is 0 Å². The number of hydrogen-bond acceptors (Lipinski definition) is 1. The molecule has 0 bridgehead atoms. The molecule has 0 radical (unpaired) electrons. The van der Waals surface area contributed by atoms with Gasteiger partial charge in [0, 0.05) is 10.9 Å². The molecule has 5 heteroatoms. The predicted molar refractivity (Wildman–Crippen MR) is 57.0 cm³/mol. The van der Waals surface area contributed by atoms with Gasteiger partial charge in [-0.3, -0.25) is 0 Å². The van der Waals surface area contributed by atoms with Gasteiger partial charge in [0.15, 0.2) is 0 Å². The smallest absolute Gasteiger partial charge is 0.390 e. The summed E-state index contributed by atoms with van der Waals surface area (Å²) in [5.74, 6) is 0. The first-order chi connectivity index (χ1) is 7.30. The third kappa shape index (κ3) is 2.58. The summed E-state index contributed by atoms with van der Waals surface area (Å²) in [6, 6.07) is 3.52. The molecule has 1 N–H and O–H groups in total. The van der Waals surface area contributed by atoms with Gasteiger partial charge in [-0.1, -0.05) is 22.0 Å². The van der Waals surface area contributed by atoms with Crippen molar-refractivity contribution in [3.8, 4) is 0 Å². The molecule has 16 heavy (non-hydrogen) atoms. The maximum Gasteiger partial charge on any atom is 0.416 e. The van der Waals surface area contributed by atoms with Crippen molar-refractivity contribution in [3.63, 3.8) is 0 Å². The lowest BCUT2D eigenvalue weighted by Gasteiger charge is -2.12. The lowest BCUT2D eigenvalue weighted by atomic mass is 10.0. The lowest BCUT2D eigenvalue weighted by molar-refractivity contribution is -0.137. The van der Waals surface area contributed by atoms with Crippen LogP contribution in [0.1, 0.15) is 24.0 Å². The first-order valence-electron chi connectivity index (χ1n) is 4.88. The molecule has 0 amide bonds. The van der Waals surface area contributed by atoms with E-state index in [-0.39, 0.29) is 0 Å². The van der Waals surface area contributed by atoms with E-state index < -0.39 is 17.3 Å². The Balaban J connectivity index is 2.23. The molecule has 0 spiro atoms. The van der Waals surface area contributed by atoms with Gasteiger partial charge >= 0.3 is 6.18 Å². The standard InChI is InChI=1S/C11H10BrF3O/c12-9-5-8(11(13,14)15)2-1-7(9)6-10(16)3-4-10/h1-2,5,16H,3-4,6H2. The number of alkyl halides is 3. The van der Waals surface area contributed by atoms with Gasteiger partial charge in [-0.05, 0) is 30.5 Å². The maximum absolute atomic E-state index is 12.4. The monoisotopic (exact) mass is 294 g/mol. The Labute approximate surface area is 99.4 Å². The number of rotatable bonds is 2. The molecule has 1 aromatic rings. The number of halogens is 4. The van der Waals surface area contributed by atoms with Gasteiger partial charge in [0.2, 0.25) is 0 Å². The fraction of sp³-hybridized carbons (Fsp3) is 0.455. The molecule has 1 fully saturated rings. The van der Waals surface area contributed by atoms with Crippen LogP contribution in [0.3, 0.4) is 0 Å². The molecule has 88 valence electrons. The highest BCUT2D eigenvalue weighted by atomic mass is 79.9. The van der Waals surface area contributed by atoms with E-state index in [1.54, 1.807) is 0 Å². The van der Waals surface area contributed by atoms with Crippen LogP contribution in [-0.2, 0) is 12.6 Å². The van der Waals surface area contributed by atoms with E-state index in [0.717, 1.165) is 25.0 Å². The van der Waals surface area contributed by atoms with Gasteiger partial charge in [-0.25, -0.2) is 0 Å². The largest absolute Gasteiger partial charge is 0.416 e. The summed E-state index contributed by atoms with van der Waals surface area (Å²) in [5.41, 5.74) is -0.652. The van der Waals surface area contributed by atoms with Crippen molar-refractivity contribution in [2.75, 3.05) is 0 Å². The molecule has 0 unspecified atom stereocenters. The van der Waals surface area contributed by atoms with Crippen molar-refractivity contribution in [1.82, 2.24) is 0 Å². The fourth-order valence-corrected chi connectivity index (χ4v) is 2.06. The summed E-state index contributed by atoms with van der Waals surface area (Å²) in [7, 11) is 0. The minimum absolute atomic E-state index is 0.405. The van der Waals surface area contributed by atoms with E-state index in [1.165, 1.54) is 6.07 Å². The summed E-state index contributed by atoms with van der Waals surface area (Å²) in [6.07, 6.45) is -2.47. The zero-order valence-electron chi connectivity index (χ0n) is 8.31. The van der Waals surface area contributed by atoms with Gasteiger partial charge in [-0.2, -0.15) is 13.2 Å². The molecule has 2 rings (SSSR count). The van der Waals surface area contributed by atoms with E-state index in [1.807, 2.05) is 0 Å². The van der Waals surface area contributed by atoms with Gasteiger partial charge in [0.05, 0.1) is 11.2 Å². The Morgan fingerprint density at radius 3 is 2.38 bits per heavy atom. The Bertz CT molecular complexity index is 410. The van der Waals surface area contributed by atoms with Gasteiger partial charge in [0.1, 0.15) is 0 Å². The Morgan fingerprint density at radius 1 is 1.31 bits per heavy atom. The van der Waals surface area contributed by atoms with Gasteiger partial charge in [-0.15, -0.1) is 0 Å². The highest BCUT2D eigenvalue weighted by Crippen LogP contribution is 2.40. The third-order valence-corrected chi connectivity index (χ3v) is 3.47. The lowest BCUT2D eigenvalue weighted by Crippen LogP contribution is -2.12. The maximum atomic E-state index is 12.4. The van der Waals surface area contributed by atoms with Crippen molar-refractivity contribution in [1.29, 1.82) is 0 Å². The van der Waals surface area contributed by atoms with Crippen molar-refractivity contribution in [2.24, 2.45) is 0 Å². The average Bonchev–Trinajstić information content (AvgIpc) is 2.86. The summed E-state index contributed by atoms with van der Waals surface area (Å²) in [6.45, 7) is 0. The molecule has 0 aromatic heterocycles.